The summed E-state index contributed by atoms with van der Waals surface area (Å²) in [6.45, 7) is 2.37. The Kier molecular flexibility index (Phi) is 6.45. The third-order valence-electron chi connectivity index (χ3n) is 4.91. The van der Waals surface area contributed by atoms with E-state index in [1.807, 2.05) is 36.1 Å². The van der Waals surface area contributed by atoms with Crippen LogP contribution in [0.3, 0.4) is 0 Å². The molecule has 1 aliphatic rings. The second kappa shape index (κ2) is 8.99. The van der Waals surface area contributed by atoms with Crippen molar-refractivity contribution in [1.29, 1.82) is 0 Å². The minimum atomic E-state index is -0.453. The molecule has 1 saturated carbocycles. The first-order chi connectivity index (χ1) is 13.1. The van der Waals surface area contributed by atoms with Gasteiger partial charge in [-0.3, -0.25) is 0 Å². The zero-order valence-electron chi connectivity index (χ0n) is 15.7. The molecule has 0 bridgehead atoms. The Bertz CT molecular complexity index is 799. The molecule has 2 aromatic rings. The van der Waals surface area contributed by atoms with Crippen molar-refractivity contribution in [2.24, 2.45) is 0 Å². The third-order valence-corrected chi connectivity index (χ3v) is 5.75. The number of benzene rings is 1. The van der Waals surface area contributed by atoms with Crippen LogP contribution in [0.1, 0.15) is 53.2 Å². The fourth-order valence-electron chi connectivity index (χ4n) is 3.39. The van der Waals surface area contributed by atoms with Crippen LogP contribution in [0.2, 0.25) is 0 Å². The smallest absolute Gasteiger partial charge is 0.357 e. The van der Waals surface area contributed by atoms with Gasteiger partial charge in [0.1, 0.15) is 5.01 Å². The molecule has 3 rings (SSSR count). The topological polar surface area (TPSA) is 71.5 Å². The van der Waals surface area contributed by atoms with E-state index in [4.69, 9.17) is 4.74 Å². The lowest BCUT2D eigenvalue weighted by Crippen LogP contribution is -2.43. The van der Waals surface area contributed by atoms with Gasteiger partial charge < -0.3 is 15.0 Å². The first-order valence-corrected chi connectivity index (χ1v) is 10.1. The van der Waals surface area contributed by atoms with E-state index in [2.05, 4.69) is 10.3 Å². The van der Waals surface area contributed by atoms with Crippen molar-refractivity contribution in [3.63, 3.8) is 0 Å². The van der Waals surface area contributed by atoms with Gasteiger partial charge >= 0.3 is 12.0 Å². The number of hydrogen-bond donors (Lipinski definition) is 1. The molecule has 1 heterocycles. The largest absolute Gasteiger partial charge is 0.464 e. The van der Waals surface area contributed by atoms with Crippen molar-refractivity contribution in [2.75, 3.05) is 12.4 Å². The minimum absolute atomic E-state index is 0.119. The second-order valence-corrected chi connectivity index (χ2v) is 7.73. The Hall–Kier alpha value is -2.41. The summed E-state index contributed by atoms with van der Waals surface area (Å²) in [5.41, 5.74) is 2.13. The quantitative estimate of drug-likeness (QED) is 0.761. The number of para-hydroxylation sites is 1. The van der Waals surface area contributed by atoms with E-state index in [9.17, 15) is 9.59 Å². The van der Waals surface area contributed by atoms with Crippen LogP contribution in [-0.2, 0) is 11.3 Å². The van der Waals surface area contributed by atoms with Crippen LogP contribution in [0, 0.1) is 6.92 Å². The summed E-state index contributed by atoms with van der Waals surface area (Å²) in [7, 11) is 1.34. The lowest BCUT2D eigenvalue weighted by molar-refractivity contribution is 0.0594. The molecular weight excluding hydrogens is 362 g/mol. The zero-order valence-corrected chi connectivity index (χ0v) is 16.6. The maximum Gasteiger partial charge on any atom is 0.357 e. The number of carbonyl (C=O) groups is 2. The molecular formula is C20H25N3O3S. The highest BCUT2D eigenvalue weighted by molar-refractivity contribution is 7.09. The molecule has 0 radical (unpaired) electrons. The van der Waals surface area contributed by atoms with Gasteiger partial charge in [-0.25, -0.2) is 14.6 Å². The Labute approximate surface area is 163 Å². The molecule has 1 fully saturated rings. The van der Waals surface area contributed by atoms with E-state index < -0.39 is 5.97 Å². The molecule has 0 saturated heterocycles. The summed E-state index contributed by atoms with van der Waals surface area (Å²) in [5.74, 6) is -0.453. The number of nitrogens with zero attached hydrogens (tertiary/aromatic N) is 2. The number of nitrogens with one attached hydrogen (secondary N) is 1. The first kappa shape index (κ1) is 19.4. The van der Waals surface area contributed by atoms with Crippen LogP contribution in [0.5, 0.6) is 0 Å². The molecule has 144 valence electrons. The van der Waals surface area contributed by atoms with E-state index in [1.54, 1.807) is 5.38 Å². The molecule has 1 N–H and O–H groups in total. The SMILES string of the molecule is COC(=O)c1csc(CN(C(=O)Nc2ccccc2C)C2CCCCC2)n1. The number of methoxy groups -OCH3 is 1. The van der Waals surface area contributed by atoms with Crippen LogP contribution in [0.25, 0.3) is 0 Å². The van der Waals surface area contributed by atoms with E-state index in [1.165, 1.54) is 24.9 Å². The Morgan fingerprint density at radius 1 is 1.26 bits per heavy atom. The number of carbonyl (C=O) groups excluding carboxylic acids is 2. The van der Waals surface area contributed by atoms with Crippen molar-refractivity contribution < 1.29 is 14.3 Å². The highest BCUT2D eigenvalue weighted by Crippen LogP contribution is 2.26. The fourth-order valence-corrected chi connectivity index (χ4v) is 4.15. The standard InChI is InChI=1S/C20H25N3O3S/c1-14-8-6-7-11-16(14)22-20(25)23(15-9-4-3-5-10-15)12-18-21-17(13-27-18)19(24)26-2/h6-8,11,13,15H,3-5,9-10,12H2,1-2H3,(H,22,25). The van der Waals surface area contributed by atoms with Crippen molar-refractivity contribution in [1.82, 2.24) is 9.88 Å². The van der Waals surface area contributed by atoms with Crippen LogP contribution < -0.4 is 5.32 Å². The number of esters is 1. The molecule has 27 heavy (non-hydrogen) atoms. The lowest BCUT2D eigenvalue weighted by atomic mass is 9.94. The number of rotatable bonds is 5. The molecule has 0 spiro atoms. The van der Waals surface area contributed by atoms with Gasteiger partial charge in [-0.15, -0.1) is 11.3 Å². The minimum Gasteiger partial charge on any atom is -0.464 e. The van der Waals surface area contributed by atoms with Gasteiger partial charge in [-0.05, 0) is 31.4 Å². The number of thiazole rings is 1. The number of amides is 2. The van der Waals surface area contributed by atoms with Crippen LogP contribution in [0.4, 0.5) is 10.5 Å². The number of urea groups is 1. The summed E-state index contributed by atoms with van der Waals surface area (Å²) < 4.78 is 4.72. The highest BCUT2D eigenvalue weighted by atomic mass is 32.1. The number of anilines is 1. The summed E-state index contributed by atoms with van der Waals surface area (Å²) in [6, 6.07) is 7.82. The Morgan fingerprint density at radius 2 is 2.00 bits per heavy atom. The van der Waals surface area contributed by atoms with Gasteiger partial charge in [0, 0.05) is 17.1 Å². The van der Waals surface area contributed by atoms with E-state index in [0.717, 1.165) is 41.9 Å². The summed E-state index contributed by atoms with van der Waals surface area (Å²) in [5, 5.41) is 5.46. The van der Waals surface area contributed by atoms with E-state index in [0.29, 0.717) is 12.2 Å². The van der Waals surface area contributed by atoms with Crippen LogP contribution >= 0.6 is 11.3 Å². The summed E-state index contributed by atoms with van der Waals surface area (Å²) in [4.78, 5) is 30.9. The highest BCUT2D eigenvalue weighted by Gasteiger charge is 2.27. The van der Waals surface area contributed by atoms with Crippen molar-refractivity contribution in [3.8, 4) is 0 Å². The monoisotopic (exact) mass is 387 g/mol. The van der Waals surface area contributed by atoms with Crippen molar-refractivity contribution >= 4 is 29.0 Å². The lowest BCUT2D eigenvalue weighted by Gasteiger charge is -2.34. The maximum atomic E-state index is 13.1. The molecule has 1 aromatic carbocycles. The fraction of sp³-hybridized carbons (Fsp3) is 0.450. The first-order valence-electron chi connectivity index (χ1n) is 9.24. The van der Waals surface area contributed by atoms with Gasteiger partial charge in [-0.2, -0.15) is 0 Å². The predicted octanol–water partition coefficient (Wildman–Crippen LogP) is 4.60. The molecule has 0 atom stereocenters. The van der Waals surface area contributed by atoms with Gasteiger partial charge in [0.05, 0.1) is 13.7 Å². The number of hydrogen-bond acceptors (Lipinski definition) is 5. The van der Waals surface area contributed by atoms with E-state index in [-0.39, 0.29) is 12.1 Å². The summed E-state index contributed by atoms with van der Waals surface area (Å²) >= 11 is 1.38. The van der Waals surface area contributed by atoms with Gasteiger partial charge in [0.25, 0.3) is 0 Å². The van der Waals surface area contributed by atoms with Gasteiger partial charge in [0.15, 0.2) is 5.69 Å². The Balaban J connectivity index is 1.78. The third kappa shape index (κ3) is 4.86. The number of ether oxygens (including phenoxy) is 1. The number of aromatic nitrogens is 1. The van der Waals surface area contributed by atoms with Gasteiger partial charge in [0.2, 0.25) is 0 Å². The number of aryl methyl sites for hydroxylation is 1. The maximum absolute atomic E-state index is 13.1. The van der Waals surface area contributed by atoms with Crippen molar-refractivity contribution in [3.05, 3.63) is 45.9 Å². The van der Waals surface area contributed by atoms with Crippen molar-refractivity contribution in [2.45, 2.75) is 51.6 Å². The van der Waals surface area contributed by atoms with Gasteiger partial charge in [-0.1, -0.05) is 37.5 Å². The molecule has 6 nitrogen and oxygen atoms in total. The molecule has 2 amide bonds. The molecule has 7 heteroatoms. The predicted molar refractivity (Wildman–Crippen MR) is 106 cm³/mol. The zero-order chi connectivity index (χ0) is 19.2. The molecule has 0 unspecified atom stereocenters. The second-order valence-electron chi connectivity index (χ2n) is 6.78. The average Bonchev–Trinajstić information content (AvgIpc) is 3.16. The normalized spacial score (nSPS) is 14.6. The van der Waals surface area contributed by atoms with Crippen LogP contribution in [-0.4, -0.2) is 35.0 Å². The molecule has 1 aromatic heterocycles. The molecule has 1 aliphatic carbocycles. The Morgan fingerprint density at radius 3 is 2.70 bits per heavy atom. The molecule has 0 aliphatic heterocycles. The van der Waals surface area contributed by atoms with E-state index >= 15 is 0 Å². The summed E-state index contributed by atoms with van der Waals surface area (Å²) in [6.07, 6.45) is 5.47. The van der Waals surface area contributed by atoms with Crippen LogP contribution in [0.15, 0.2) is 29.6 Å². The average molecular weight is 388 g/mol.